The normalized spacial score (nSPS) is 19.3. The molecule has 124 valence electrons. The molecule has 0 radical (unpaired) electrons. The number of benzene rings is 1. The standard InChI is InChI=1S/C19H32N2O/c1-4-11-20-14-17-10-9-16(13-19(17)22-3)15-21-12-7-6-8-18(21)5-2/h9-10,13,18,20H,4-8,11-12,14-15H2,1-3H3. The predicted octanol–water partition coefficient (Wildman–Crippen LogP) is 3.96. The lowest BCUT2D eigenvalue weighted by Crippen LogP contribution is -2.38. The molecule has 0 aromatic heterocycles. The number of likely N-dealkylation sites (tertiary alicyclic amines) is 1. The van der Waals surface area contributed by atoms with Crippen LogP contribution in [-0.2, 0) is 13.1 Å². The van der Waals surface area contributed by atoms with E-state index in [0.29, 0.717) is 0 Å². The first-order valence-electron chi connectivity index (χ1n) is 8.89. The number of hydrogen-bond acceptors (Lipinski definition) is 3. The number of hydrogen-bond donors (Lipinski definition) is 1. The third-order valence-electron chi connectivity index (χ3n) is 4.70. The van der Waals surface area contributed by atoms with Crippen molar-refractivity contribution in [3.63, 3.8) is 0 Å². The van der Waals surface area contributed by atoms with Crippen molar-refractivity contribution in [3.8, 4) is 5.75 Å². The molecule has 0 amide bonds. The van der Waals surface area contributed by atoms with Gasteiger partial charge in [-0.15, -0.1) is 0 Å². The second-order valence-electron chi connectivity index (χ2n) is 6.35. The number of nitrogens with one attached hydrogen (secondary N) is 1. The van der Waals surface area contributed by atoms with Crippen molar-refractivity contribution < 1.29 is 4.74 Å². The molecule has 1 atom stereocenters. The number of piperidine rings is 1. The lowest BCUT2D eigenvalue weighted by molar-refractivity contribution is 0.136. The van der Waals surface area contributed by atoms with Crippen molar-refractivity contribution in [3.05, 3.63) is 29.3 Å². The largest absolute Gasteiger partial charge is 0.496 e. The first-order valence-corrected chi connectivity index (χ1v) is 8.89. The van der Waals surface area contributed by atoms with Gasteiger partial charge in [0.25, 0.3) is 0 Å². The van der Waals surface area contributed by atoms with Crippen LogP contribution in [0.5, 0.6) is 5.75 Å². The summed E-state index contributed by atoms with van der Waals surface area (Å²) in [6.07, 6.45) is 6.50. The van der Waals surface area contributed by atoms with Gasteiger partial charge >= 0.3 is 0 Å². The molecule has 1 aliphatic heterocycles. The third kappa shape index (κ3) is 4.72. The smallest absolute Gasteiger partial charge is 0.123 e. The van der Waals surface area contributed by atoms with Crippen LogP contribution in [0.3, 0.4) is 0 Å². The van der Waals surface area contributed by atoms with Gasteiger partial charge in [0.1, 0.15) is 5.75 Å². The quantitative estimate of drug-likeness (QED) is 0.736. The fourth-order valence-corrected chi connectivity index (χ4v) is 3.40. The summed E-state index contributed by atoms with van der Waals surface area (Å²) in [5, 5.41) is 3.45. The zero-order valence-corrected chi connectivity index (χ0v) is 14.5. The maximum atomic E-state index is 5.60. The van der Waals surface area contributed by atoms with Gasteiger partial charge in [0.15, 0.2) is 0 Å². The van der Waals surface area contributed by atoms with Crippen LogP contribution in [0.15, 0.2) is 18.2 Å². The van der Waals surface area contributed by atoms with E-state index in [9.17, 15) is 0 Å². The van der Waals surface area contributed by atoms with E-state index in [1.165, 1.54) is 43.4 Å². The highest BCUT2D eigenvalue weighted by Crippen LogP contribution is 2.25. The fourth-order valence-electron chi connectivity index (χ4n) is 3.40. The summed E-state index contributed by atoms with van der Waals surface area (Å²) in [4.78, 5) is 2.65. The van der Waals surface area contributed by atoms with E-state index in [1.807, 2.05) is 0 Å². The van der Waals surface area contributed by atoms with Crippen LogP contribution in [0.1, 0.15) is 57.1 Å². The summed E-state index contributed by atoms with van der Waals surface area (Å²) in [7, 11) is 1.78. The van der Waals surface area contributed by atoms with Crippen molar-refractivity contribution in [2.45, 2.75) is 65.1 Å². The highest BCUT2D eigenvalue weighted by molar-refractivity contribution is 5.37. The van der Waals surface area contributed by atoms with Gasteiger partial charge < -0.3 is 10.1 Å². The lowest BCUT2D eigenvalue weighted by Gasteiger charge is -2.35. The Hall–Kier alpha value is -1.06. The van der Waals surface area contributed by atoms with Crippen molar-refractivity contribution in [2.75, 3.05) is 20.2 Å². The Morgan fingerprint density at radius 1 is 1.27 bits per heavy atom. The maximum absolute atomic E-state index is 5.60. The summed E-state index contributed by atoms with van der Waals surface area (Å²) in [5.74, 6) is 1.02. The van der Waals surface area contributed by atoms with Gasteiger partial charge in [0.05, 0.1) is 7.11 Å². The van der Waals surface area contributed by atoms with Crippen LogP contribution in [0.4, 0.5) is 0 Å². The van der Waals surface area contributed by atoms with Crippen LogP contribution >= 0.6 is 0 Å². The third-order valence-corrected chi connectivity index (χ3v) is 4.70. The average Bonchev–Trinajstić information content (AvgIpc) is 2.56. The van der Waals surface area contributed by atoms with Gasteiger partial charge in [-0.2, -0.15) is 0 Å². The number of rotatable bonds is 8. The molecule has 1 unspecified atom stereocenters. The molecule has 0 aliphatic carbocycles. The summed E-state index contributed by atoms with van der Waals surface area (Å²) < 4.78 is 5.60. The molecule has 2 rings (SSSR count). The first kappa shape index (κ1) is 17.3. The highest BCUT2D eigenvalue weighted by Gasteiger charge is 2.20. The molecule has 22 heavy (non-hydrogen) atoms. The van der Waals surface area contributed by atoms with Crippen LogP contribution in [0.25, 0.3) is 0 Å². The van der Waals surface area contributed by atoms with E-state index in [0.717, 1.165) is 37.8 Å². The molecule has 1 aliphatic rings. The van der Waals surface area contributed by atoms with Crippen molar-refractivity contribution in [2.24, 2.45) is 0 Å². The molecule has 1 saturated heterocycles. The summed E-state index contributed by atoms with van der Waals surface area (Å²) >= 11 is 0. The molecule has 1 fully saturated rings. The highest BCUT2D eigenvalue weighted by atomic mass is 16.5. The molecule has 1 heterocycles. The molecule has 1 aromatic rings. The fraction of sp³-hybridized carbons (Fsp3) is 0.684. The van der Waals surface area contributed by atoms with Crippen molar-refractivity contribution in [1.82, 2.24) is 10.2 Å². The Morgan fingerprint density at radius 2 is 2.14 bits per heavy atom. The molecule has 1 N–H and O–H groups in total. The maximum Gasteiger partial charge on any atom is 0.123 e. The molecule has 0 saturated carbocycles. The van der Waals surface area contributed by atoms with Crippen molar-refractivity contribution >= 4 is 0 Å². The van der Waals surface area contributed by atoms with Gasteiger partial charge in [0.2, 0.25) is 0 Å². The minimum atomic E-state index is 0.755. The van der Waals surface area contributed by atoms with E-state index in [1.54, 1.807) is 7.11 Å². The molecule has 3 heteroatoms. The van der Waals surface area contributed by atoms with Gasteiger partial charge in [0, 0.05) is 24.7 Å². The number of ether oxygens (including phenoxy) is 1. The minimum absolute atomic E-state index is 0.755. The van der Waals surface area contributed by atoms with E-state index in [2.05, 4.69) is 42.3 Å². The Labute approximate surface area is 136 Å². The Kier molecular flexibility index (Phi) is 7.20. The van der Waals surface area contributed by atoms with E-state index in [-0.39, 0.29) is 0 Å². The molecule has 3 nitrogen and oxygen atoms in total. The molecular weight excluding hydrogens is 272 g/mol. The van der Waals surface area contributed by atoms with Crippen LogP contribution in [-0.4, -0.2) is 31.1 Å². The summed E-state index contributed by atoms with van der Waals surface area (Å²) in [6, 6.07) is 7.48. The SMILES string of the molecule is CCCNCc1ccc(CN2CCCCC2CC)cc1OC. The second kappa shape index (κ2) is 9.16. The Morgan fingerprint density at radius 3 is 2.86 bits per heavy atom. The van der Waals surface area contributed by atoms with Crippen LogP contribution in [0.2, 0.25) is 0 Å². The zero-order valence-electron chi connectivity index (χ0n) is 14.5. The predicted molar refractivity (Wildman–Crippen MR) is 93.3 cm³/mol. The van der Waals surface area contributed by atoms with Crippen molar-refractivity contribution in [1.29, 1.82) is 0 Å². The Bertz CT molecular complexity index is 447. The van der Waals surface area contributed by atoms with Gasteiger partial charge in [-0.1, -0.05) is 32.4 Å². The summed E-state index contributed by atoms with van der Waals surface area (Å²) in [5.41, 5.74) is 2.63. The molecule has 1 aromatic carbocycles. The monoisotopic (exact) mass is 304 g/mol. The number of nitrogens with zero attached hydrogens (tertiary/aromatic N) is 1. The van der Waals surface area contributed by atoms with E-state index in [4.69, 9.17) is 4.74 Å². The molecule has 0 spiro atoms. The topological polar surface area (TPSA) is 24.5 Å². The Balaban J connectivity index is 2.01. The van der Waals surface area contributed by atoms with Gasteiger partial charge in [-0.25, -0.2) is 0 Å². The van der Waals surface area contributed by atoms with E-state index >= 15 is 0 Å². The molecule has 0 bridgehead atoms. The van der Waals surface area contributed by atoms with Crippen LogP contribution < -0.4 is 10.1 Å². The lowest BCUT2D eigenvalue weighted by atomic mass is 9.99. The molecular formula is C19H32N2O. The van der Waals surface area contributed by atoms with Gasteiger partial charge in [-0.3, -0.25) is 4.90 Å². The summed E-state index contributed by atoms with van der Waals surface area (Å²) in [6.45, 7) is 8.73. The van der Waals surface area contributed by atoms with E-state index < -0.39 is 0 Å². The number of methoxy groups -OCH3 is 1. The van der Waals surface area contributed by atoms with Gasteiger partial charge in [-0.05, 0) is 50.4 Å². The second-order valence-corrected chi connectivity index (χ2v) is 6.35. The minimum Gasteiger partial charge on any atom is -0.496 e. The average molecular weight is 304 g/mol. The first-order chi connectivity index (χ1) is 10.8. The zero-order chi connectivity index (χ0) is 15.8. The van der Waals surface area contributed by atoms with Crippen LogP contribution in [0, 0.1) is 0 Å².